The van der Waals surface area contributed by atoms with Crippen LogP contribution in [0.5, 0.6) is 5.88 Å². The zero-order valence-electron chi connectivity index (χ0n) is 36.4. The van der Waals surface area contributed by atoms with Crippen molar-refractivity contribution in [3.05, 3.63) is 126 Å². The van der Waals surface area contributed by atoms with Crippen molar-refractivity contribution < 1.29 is 18.8 Å². The number of rotatable bonds is 12. The SMILES string of the molecule is COc1cc(-c2cc(-c3ccc(C4CCOCC4)c(CN(C)C)c3)cnc2N)cc[n+]1C1CC(c2ccc(-c3cnc(N)c(-c4ccnc(C)c4)c3)cc2CN(C)C)CCO1. The molecule has 4 N–H and O–H groups in total. The molecule has 2 aliphatic heterocycles. The number of nitrogen functional groups attached to an aromatic ring is 2. The standard InChI is InChI=1S/C50H58N8O3/c1-32-21-36(11-16-53-32)45-24-39(28-54-49(45)51)35-8-10-44(42(23-35)31-57(4)5)38-15-20-61-48(27-38)58-17-12-37(26-47(58)59-6)46-25-40(29-55-50(46)52)34-7-9-43(33-13-18-60-19-14-33)41(22-34)30-56(2)3/h7-12,16-17,21-26,28-29,33,38,48,52H,13-15,18-20,27,30-31H2,1-6H3,(H2,51,53,54)/p+1. The minimum Gasteiger partial charge on any atom is -0.448 e. The number of hydrogen-bond donors (Lipinski definition) is 2. The quantitative estimate of drug-likeness (QED) is 0.116. The van der Waals surface area contributed by atoms with Crippen molar-refractivity contribution in [2.75, 3.05) is 66.6 Å². The molecular formula is C50H59N8O3+. The summed E-state index contributed by atoms with van der Waals surface area (Å²) in [6, 6.07) is 26.1. The zero-order chi connectivity index (χ0) is 42.6. The summed E-state index contributed by atoms with van der Waals surface area (Å²) >= 11 is 0. The van der Waals surface area contributed by atoms with Crippen molar-refractivity contribution in [2.24, 2.45) is 0 Å². The Balaban J connectivity index is 1.05. The number of nitrogens with zero attached hydrogens (tertiary/aromatic N) is 6. The first kappa shape index (κ1) is 42.0. The highest BCUT2D eigenvalue weighted by Crippen LogP contribution is 2.39. The fourth-order valence-corrected chi connectivity index (χ4v) is 9.08. The lowest BCUT2D eigenvalue weighted by atomic mass is 9.85. The highest BCUT2D eigenvalue weighted by atomic mass is 16.5. The van der Waals surface area contributed by atoms with Crippen LogP contribution in [0.3, 0.4) is 0 Å². The number of aromatic nitrogens is 4. The van der Waals surface area contributed by atoms with Crippen molar-refractivity contribution in [1.29, 1.82) is 0 Å². The van der Waals surface area contributed by atoms with Gasteiger partial charge in [-0.25, -0.2) is 9.97 Å². The molecule has 0 radical (unpaired) electrons. The van der Waals surface area contributed by atoms with Gasteiger partial charge in [-0.1, -0.05) is 24.3 Å². The minimum absolute atomic E-state index is 0.214. The van der Waals surface area contributed by atoms with Gasteiger partial charge in [0.1, 0.15) is 11.6 Å². The summed E-state index contributed by atoms with van der Waals surface area (Å²) in [4.78, 5) is 18.1. The van der Waals surface area contributed by atoms with Crippen molar-refractivity contribution >= 4 is 11.6 Å². The summed E-state index contributed by atoms with van der Waals surface area (Å²) in [5, 5.41) is 0. The number of benzene rings is 2. The van der Waals surface area contributed by atoms with Gasteiger partial charge in [0.25, 0.3) is 6.23 Å². The Bertz CT molecular complexity index is 2500. The van der Waals surface area contributed by atoms with Crippen LogP contribution in [-0.4, -0.2) is 79.9 Å². The minimum atomic E-state index is -0.214. The van der Waals surface area contributed by atoms with Gasteiger partial charge in [0, 0.05) is 90.9 Å². The van der Waals surface area contributed by atoms with Crippen LogP contribution in [0, 0.1) is 6.92 Å². The molecule has 0 amide bonds. The summed E-state index contributed by atoms with van der Waals surface area (Å²) < 4.78 is 20.3. The van der Waals surface area contributed by atoms with Crippen LogP contribution in [0.15, 0.2) is 97.6 Å². The third-order valence-corrected chi connectivity index (χ3v) is 12.1. The molecule has 6 aromatic rings. The van der Waals surface area contributed by atoms with Gasteiger partial charge in [0.05, 0.1) is 19.8 Å². The summed E-state index contributed by atoms with van der Waals surface area (Å²) in [7, 11) is 10.2. The third kappa shape index (κ3) is 9.45. The number of hydrogen-bond acceptors (Lipinski definition) is 10. The average Bonchev–Trinajstić information content (AvgIpc) is 3.26. The molecule has 61 heavy (non-hydrogen) atoms. The first-order valence-electron chi connectivity index (χ1n) is 21.3. The van der Waals surface area contributed by atoms with Crippen LogP contribution in [0.25, 0.3) is 44.5 Å². The van der Waals surface area contributed by atoms with Crippen LogP contribution < -0.4 is 20.8 Å². The van der Waals surface area contributed by atoms with E-state index < -0.39 is 0 Å². The van der Waals surface area contributed by atoms with E-state index in [0.29, 0.717) is 30.0 Å². The molecule has 6 heterocycles. The van der Waals surface area contributed by atoms with E-state index in [1.54, 1.807) is 7.11 Å². The predicted octanol–water partition coefficient (Wildman–Crippen LogP) is 8.42. The summed E-state index contributed by atoms with van der Waals surface area (Å²) in [5.41, 5.74) is 27.3. The molecule has 0 saturated carbocycles. The van der Waals surface area contributed by atoms with Crippen LogP contribution >= 0.6 is 0 Å². The normalized spacial score (nSPS) is 17.2. The fourth-order valence-electron chi connectivity index (χ4n) is 9.08. The van der Waals surface area contributed by atoms with E-state index in [1.807, 2.05) is 43.7 Å². The molecule has 2 unspecified atom stereocenters. The van der Waals surface area contributed by atoms with Gasteiger partial charge in [-0.05, 0) is 142 Å². The van der Waals surface area contributed by atoms with Crippen LogP contribution in [0.1, 0.15) is 71.7 Å². The molecule has 316 valence electrons. The molecule has 4 aromatic heterocycles. The first-order valence-corrected chi connectivity index (χ1v) is 21.3. The topological polar surface area (TPSA) is 129 Å². The number of methoxy groups -OCH3 is 1. The van der Waals surface area contributed by atoms with Gasteiger partial charge in [-0.2, -0.15) is 0 Å². The molecule has 11 nitrogen and oxygen atoms in total. The molecule has 0 bridgehead atoms. The van der Waals surface area contributed by atoms with Gasteiger partial charge >= 0.3 is 5.88 Å². The Morgan fingerprint density at radius 3 is 1.80 bits per heavy atom. The Morgan fingerprint density at radius 1 is 0.656 bits per heavy atom. The van der Waals surface area contributed by atoms with E-state index in [1.165, 1.54) is 22.3 Å². The van der Waals surface area contributed by atoms with E-state index in [4.69, 9.17) is 25.7 Å². The maximum absolute atomic E-state index is 6.60. The highest BCUT2D eigenvalue weighted by Gasteiger charge is 2.34. The van der Waals surface area contributed by atoms with Crippen LogP contribution in [0.2, 0.25) is 0 Å². The average molecular weight is 820 g/mol. The third-order valence-electron chi connectivity index (χ3n) is 12.1. The fraction of sp³-hybridized carbons (Fsp3) is 0.360. The smallest absolute Gasteiger partial charge is 0.370 e. The first-order chi connectivity index (χ1) is 29.5. The maximum atomic E-state index is 6.60. The van der Waals surface area contributed by atoms with E-state index in [-0.39, 0.29) is 12.1 Å². The Kier molecular flexibility index (Phi) is 12.7. The lowest BCUT2D eigenvalue weighted by Crippen LogP contribution is -2.44. The molecule has 0 spiro atoms. The number of ether oxygens (including phenoxy) is 3. The van der Waals surface area contributed by atoms with E-state index >= 15 is 0 Å². The van der Waals surface area contributed by atoms with Crippen LogP contribution in [-0.2, 0) is 22.6 Å². The van der Waals surface area contributed by atoms with Gasteiger partial charge in [-0.3, -0.25) is 4.98 Å². The Labute approximate surface area is 360 Å². The predicted molar refractivity (Wildman–Crippen MR) is 243 cm³/mol. The lowest BCUT2D eigenvalue weighted by Gasteiger charge is -2.29. The summed E-state index contributed by atoms with van der Waals surface area (Å²) in [6.07, 6.45) is 11.2. The van der Waals surface area contributed by atoms with Crippen molar-refractivity contribution in [3.63, 3.8) is 0 Å². The second kappa shape index (κ2) is 18.5. The monoisotopic (exact) mass is 819 g/mol. The van der Waals surface area contributed by atoms with Crippen molar-refractivity contribution in [1.82, 2.24) is 24.8 Å². The van der Waals surface area contributed by atoms with Gasteiger partial charge < -0.3 is 35.5 Å². The van der Waals surface area contributed by atoms with Gasteiger partial charge in [0.2, 0.25) is 0 Å². The molecule has 0 aliphatic carbocycles. The molecule has 2 atom stereocenters. The zero-order valence-corrected chi connectivity index (χ0v) is 36.4. The van der Waals surface area contributed by atoms with Crippen LogP contribution in [0.4, 0.5) is 11.6 Å². The molecule has 2 aliphatic rings. The van der Waals surface area contributed by atoms with Crippen molar-refractivity contribution in [3.8, 4) is 50.4 Å². The van der Waals surface area contributed by atoms with Gasteiger partial charge in [-0.15, -0.1) is 4.57 Å². The summed E-state index contributed by atoms with van der Waals surface area (Å²) in [5.74, 6) is 2.47. The molecule has 11 heteroatoms. The Hall–Kier alpha value is -5.72. The van der Waals surface area contributed by atoms with E-state index in [2.05, 4.69) is 118 Å². The second-order valence-corrected chi connectivity index (χ2v) is 17.1. The second-order valence-electron chi connectivity index (χ2n) is 17.1. The molecule has 2 saturated heterocycles. The largest absolute Gasteiger partial charge is 0.448 e. The number of nitrogens with two attached hydrogens (primary N) is 2. The lowest BCUT2D eigenvalue weighted by molar-refractivity contribution is -0.768. The van der Waals surface area contributed by atoms with E-state index in [9.17, 15) is 0 Å². The van der Waals surface area contributed by atoms with Gasteiger partial charge in [0.15, 0.2) is 6.20 Å². The number of pyridine rings is 4. The van der Waals surface area contributed by atoms with E-state index in [0.717, 1.165) is 102 Å². The summed E-state index contributed by atoms with van der Waals surface area (Å²) in [6.45, 7) is 5.93. The Morgan fingerprint density at radius 2 is 1.23 bits per heavy atom. The maximum Gasteiger partial charge on any atom is 0.370 e. The molecule has 2 fully saturated rings. The van der Waals surface area contributed by atoms with Crippen molar-refractivity contribution in [2.45, 2.75) is 63.8 Å². The molecule has 2 aromatic carbocycles. The highest BCUT2D eigenvalue weighted by molar-refractivity contribution is 5.81. The number of aryl methyl sites for hydroxylation is 1. The molecule has 8 rings (SSSR count). The molecular weight excluding hydrogens is 761 g/mol. The number of anilines is 2.